The number of carbonyl (C=O) groups excluding carboxylic acids is 3. The quantitative estimate of drug-likeness (QED) is 0.642. The van der Waals surface area contributed by atoms with Gasteiger partial charge in [-0.15, -0.1) is 0 Å². The first-order valence-corrected chi connectivity index (χ1v) is 9.69. The van der Waals surface area contributed by atoms with Gasteiger partial charge in [0, 0.05) is 6.04 Å². The SMILES string of the molecule is CCC(C)C(NC(=O)OC(C)(C)C)C(=O)NCC(=O)NC1CCCCC1. The summed E-state index contributed by atoms with van der Waals surface area (Å²) in [6.45, 7) is 9.03. The lowest BCUT2D eigenvalue weighted by Gasteiger charge is -2.26. The first-order valence-electron chi connectivity index (χ1n) is 9.69. The molecule has 0 aliphatic heterocycles. The first-order chi connectivity index (χ1) is 12.1. The zero-order chi connectivity index (χ0) is 19.7. The van der Waals surface area contributed by atoms with Crippen LogP contribution in [0, 0.1) is 5.92 Å². The highest BCUT2D eigenvalue weighted by Crippen LogP contribution is 2.17. The molecule has 7 heteroatoms. The summed E-state index contributed by atoms with van der Waals surface area (Å²) in [4.78, 5) is 36.5. The van der Waals surface area contributed by atoms with Crippen LogP contribution in [-0.2, 0) is 14.3 Å². The van der Waals surface area contributed by atoms with Crippen molar-refractivity contribution in [1.29, 1.82) is 0 Å². The van der Waals surface area contributed by atoms with Gasteiger partial charge in [-0.25, -0.2) is 4.79 Å². The Labute approximate surface area is 157 Å². The van der Waals surface area contributed by atoms with Gasteiger partial charge in [-0.1, -0.05) is 39.5 Å². The van der Waals surface area contributed by atoms with E-state index in [2.05, 4.69) is 16.0 Å². The molecule has 0 aromatic heterocycles. The van der Waals surface area contributed by atoms with E-state index in [0.29, 0.717) is 6.42 Å². The van der Waals surface area contributed by atoms with Crippen LogP contribution in [-0.4, -0.2) is 42.1 Å². The van der Waals surface area contributed by atoms with E-state index in [1.54, 1.807) is 20.8 Å². The summed E-state index contributed by atoms with van der Waals surface area (Å²) >= 11 is 0. The highest BCUT2D eigenvalue weighted by atomic mass is 16.6. The number of alkyl carbamates (subject to hydrolysis) is 1. The second kappa shape index (κ2) is 10.4. The second-order valence-corrected chi connectivity index (χ2v) is 8.13. The lowest BCUT2D eigenvalue weighted by atomic mass is 9.95. The van der Waals surface area contributed by atoms with Crippen molar-refractivity contribution in [2.75, 3.05) is 6.54 Å². The third-order valence-electron chi connectivity index (χ3n) is 4.56. The predicted molar refractivity (Wildman–Crippen MR) is 101 cm³/mol. The topological polar surface area (TPSA) is 96.5 Å². The molecule has 0 heterocycles. The minimum Gasteiger partial charge on any atom is -0.444 e. The standard InChI is InChI=1S/C19H35N3O4/c1-6-13(2)16(22-18(25)26-19(3,4)5)17(24)20-12-15(23)21-14-10-8-7-9-11-14/h13-14,16H,6-12H2,1-5H3,(H,20,24)(H,21,23)(H,22,25). The fraction of sp³-hybridized carbons (Fsp3) is 0.842. The van der Waals surface area contributed by atoms with Crippen molar-refractivity contribution < 1.29 is 19.1 Å². The van der Waals surface area contributed by atoms with Gasteiger partial charge < -0.3 is 20.7 Å². The van der Waals surface area contributed by atoms with Crippen LogP contribution in [0.4, 0.5) is 4.79 Å². The van der Waals surface area contributed by atoms with E-state index >= 15 is 0 Å². The monoisotopic (exact) mass is 369 g/mol. The van der Waals surface area contributed by atoms with Crippen molar-refractivity contribution >= 4 is 17.9 Å². The Morgan fingerprint density at radius 3 is 2.27 bits per heavy atom. The van der Waals surface area contributed by atoms with Crippen LogP contribution >= 0.6 is 0 Å². The minimum atomic E-state index is -0.739. The molecule has 0 aromatic carbocycles. The molecule has 2 atom stereocenters. The molecule has 26 heavy (non-hydrogen) atoms. The van der Waals surface area contributed by atoms with Crippen LogP contribution < -0.4 is 16.0 Å². The molecule has 1 rings (SSSR count). The van der Waals surface area contributed by atoms with E-state index in [1.807, 2.05) is 13.8 Å². The number of hydrogen-bond donors (Lipinski definition) is 3. The van der Waals surface area contributed by atoms with Crippen LogP contribution in [0.2, 0.25) is 0 Å². The molecule has 0 saturated heterocycles. The molecule has 1 aliphatic rings. The second-order valence-electron chi connectivity index (χ2n) is 8.13. The molecule has 1 saturated carbocycles. The van der Waals surface area contributed by atoms with Gasteiger partial charge in [0.15, 0.2) is 0 Å². The fourth-order valence-electron chi connectivity index (χ4n) is 2.94. The number of hydrogen-bond acceptors (Lipinski definition) is 4. The molecule has 0 bridgehead atoms. The molecule has 0 spiro atoms. The largest absolute Gasteiger partial charge is 0.444 e. The van der Waals surface area contributed by atoms with Crippen LogP contribution in [0.1, 0.15) is 73.1 Å². The van der Waals surface area contributed by atoms with E-state index in [9.17, 15) is 14.4 Å². The number of rotatable bonds is 7. The third kappa shape index (κ3) is 8.54. The number of amides is 3. The van der Waals surface area contributed by atoms with Crippen molar-refractivity contribution in [1.82, 2.24) is 16.0 Å². The molecule has 3 N–H and O–H groups in total. The Morgan fingerprint density at radius 1 is 1.12 bits per heavy atom. The Morgan fingerprint density at radius 2 is 1.73 bits per heavy atom. The molecule has 3 amide bonds. The molecule has 0 aromatic rings. The van der Waals surface area contributed by atoms with Crippen LogP contribution in [0.3, 0.4) is 0 Å². The number of nitrogens with one attached hydrogen (secondary N) is 3. The van der Waals surface area contributed by atoms with Crippen molar-refractivity contribution in [2.24, 2.45) is 5.92 Å². The average Bonchev–Trinajstić information content (AvgIpc) is 2.56. The third-order valence-corrected chi connectivity index (χ3v) is 4.56. The van der Waals surface area contributed by atoms with Crippen LogP contribution in [0.15, 0.2) is 0 Å². The Bertz CT molecular complexity index is 482. The van der Waals surface area contributed by atoms with Gasteiger partial charge in [0.05, 0.1) is 6.54 Å². The summed E-state index contributed by atoms with van der Waals surface area (Å²) in [5, 5.41) is 8.22. The average molecular weight is 370 g/mol. The lowest BCUT2D eigenvalue weighted by molar-refractivity contribution is -0.128. The molecule has 2 unspecified atom stereocenters. The summed E-state index contributed by atoms with van der Waals surface area (Å²) in [5.74, 6) is -0.640. The minimum absolute atomic E-state index is 0.0797. The van der Waals surface area contributed by atoms with Crippen molar-refractivity contribution in [3.8, 4) is 0 Å². The van der Waals surface area contributed by atoms with E-state index in [4.69, 9.17) is 4.74 Å². The van der Waals surface area contributed by atoms with Gasteiger partial charge in [-0.05, 0) is 39.5 Å². The summed E-state index contributed by atoms with van der Waals surface area (Å²) in [6, 6.07) is -0.532. The van der Waals surface area contributed by atoms with E-state index < -0.39 is 17.7 Å². The van der Waals surface area contributed by atoms with Gasteiger partial charge in [-0.2, -0.15) is 0 Å². The fourth-order valence-corrected chi connectivity index (χ4v) is 2.94. The summed E-state index contributed by atoms with van der Waals surface area (Å²) in [5.41, 5.74) is -0.638. The lowest BCUT2D eigenvalue weighted by Crippen LogP contribution is -2.53. The van der Waals surface area contributed by atoms with Gasteiger partial charge in [0.25, 0.3) is 0 Å². The molecule has 150 valence electrons. The summed E-state index contributed by atoms with van der Waals surface area (Å²) in [6.07, 6.45) is 5.55. The number of ether oxygens (including phenoxy) is 1. The van der Waals surface area contributed by atoms with Crippen molar-refractivity contribution in [2.45, 2.75) is 90.8 Å². The normalized spacial score (nSPS) is 17.7. The molecular formula is C19H35N3O4. The smallest absolute Gasteiger partial charge is 0.408 e. The Kier molecular flexibility index (Phi) is 8.88. The predicted octanol–water partition coefficient (Wildman–Crippen LogP) is 2.49. The molecular weight excluding hydrogens is 334 g/mol. The Hall–Kier alpha value is -1.79. The van der Waals surface area contributed by atoms with E-state index in [-0.39, 0.29) is 30.3 Å². The van der Waals surface area contributed by atoms with Gasteiger partial charge >= 0.3 is 6.09 Å². The zero-order valence-corrected chi connectivity index (χ0v) is 16.8. The van der Waals surface area contributed by atoms with E-state index in [1.165, 1.54) is 6.42 Å². The maximum atomic E-state index is 12.5. The highest BCUT2D eigenvalue weighted by Gasteiger charge is 2.28. The Balaban J connectivity index is 2.51. The zero-order valence-electron chi connectivity index (χ0n) is 16.8. The number of carbonyl (C=O) groups is 3. The molecule has 7 nitrogen and oxygen atoms in total. The van der Waals surface area contributed by atoms with E-state index in [0.717, 1.165) is 25.7 Å². The van der Waals surface area contributed by atoms with Crippen LogP contribution in [0.25, 0.3) is 0 Å². The molecule has 1 fully saturated rings. The maximum absolute atomic E-state index is 12.5. The maximum Gasteiger partial charge on any atom is 0.408 e. The first kappa shape index (κ1) is 22.3. The van der Waals surface area contributed by atoms with Crippen molar-refractivity contribution in [3.63, 3.8) is 0 Å². The molecule has 1 aliphatic carbocycles. The van der Waals surface area contributed by atoms with Gasteiger partial charge in [-0.3, -0.25) is 9.59 Å². The highest BCUT2D eigenvalue weighted by molar-refractivity contribution is 5.89. The molecule has 0 radical (unpaired) electrons. The summed E-state index contributed by atoms with van der Waals surface area (Å²) in [7, 11) is 0. The summed E-state index contributed by atoms with van der Waals surface area (Å²) < 4.78 is 5.23. The van der Waals surface area contributed by atoms with Gasteiger partial charge in [0.1, 0.15) is 11.6 Å². The van der Waals surface area contributed by atoms with Gasteiger partial charge in [0.2, 0.25) is 11.8 Å². The van der Waals surface area contributed by atoms with Crippen molar-refractivity contribution in [3.05, 3.63) is 0 Å². The van der Waals surface area contributed by atoms with Crippen LogP contribution in [0.5, 0.6) is 0 Å².